The molecule has 0 aliphatic rings. The van der Waals surface area contributed by atoms with Gasteiger partial charge in [0.2, 0.25) is 5.66 Å². The van der Waals surface area contributed by atoms with E-state index in [1.165, 1.54) is 0 Å². The van der Waals surface area contributed by atoms with E-state index < -0.39 is 29.4 Å². The van der Waals surface area contributed by atoms with Gasteiger partial charge in [0, 0.05) is 6.42 Å². The second kappa shape index (κ2) is 6.97. The molecule has 0 fully saturated rings. The first-order chi connectivity index (χ1) is 9.02. The molecule has 1 atom stereocenters. The number of hydrogen-bond donors (Lipinski definition) is 4. The summed E-state index contributed by atoms with van der Waals surface area (Å²) >= 11 is 0. The molecule has 0 saturated heterocycles. The van der Waals surface area contributed by atoms with Gasteiger partial charge >= 0.3 is 18.2 Å². The lowest BCUT2D eigenvalue weighted by atomic mass is 10.0. The molecular weight excluding hydrogens is 268 g/mol. The number of nitrogens with one attached hydrogen (secondary N) is 2. The van der Waals surface area contributed by atoms with E-state index in [1.54, 1.807) is 20.8 Å². The standard InChI is InChI=1S/C12H22N2O6/c1-5-6-7-12(8(15)16,13-9(17)18)14-10(19)20-11(2,3)4/h13H,5-7H2,1-4H3,(H,14,19)(H,15,16)(H,17,18). The topological polar surface area (TPSA) is 125 Å². The van der Waals surface area contributed by atoms with E-state index in [-0.39, 0.29) is 6.42 Å². The molecule has 0 aromatic rings. The van der Waals surface area contributed by atoms with E-state index in [1.807, 2.05) is 12.2 Å². The smallest absolute Gasteiger partial charge is 0.409 e. The largest absolute Gasteiger partial charge is 0.478 e. The van der Waals surface area contributed by atoms with Crippen LogP contribution in [-0.4, -0.2) is 39.6 Å². The van der Waals surface area contributed by atoms with Gasteiger partial charge in [0.1, 0.15) is 5.60 Å². The normalized spacial score (nSPS) is 14.0. The Morgan fingerprint density at radius 2 is 1.65 bits per heavy atom. The summed E-state index contributed by atoms with van der Waals surface area (Å²) in [6, 6.07) is 0. The molecule has 0 aromatic heterocycles. The van der Waals surface area contributed by atoms with Gasteiger partial charge in [-0.25, -0.2) is 14.4 Å². The maximum Gasteiger partial charge on any atom is 0.409 e. The fourth-order valence-corrected chi connectivity index (χ4v) is 1.47. The summed E-state index contributed by atoms with van der Waals surface area (Å²) in [6.45, 7) is 6.67. The van der Waals surface area contributed by atoms with Crippen molar-refractivity contribution in [2.75, 3.05) is 0 Å². The first kappa shape index (κ1) is 18.0. The van der Waals surface area contributed by atoms with Crippen LogP contribution in [0.1, 0.15) is 47.0 Å². The molecule has 8 nitrogen and oxygen atoms in total. The number of carboxylic acids is 1. The molecule has 0 radical (unpaired) electrons. The number of rotatable bonds is 6. The molecule has 2 amide bonds. The highest BCUT2D eigenvalue weighted by atomic mass is 16.6. The summed E-state index contributed by atoms with van der Waals surface area (Å²) < 4.78 is 4.96. The van der Waals surface area contributed by atoms with Gasteiger partial charge in [0.05, 0.1) is 0 Å². The Bertz CT molecular complexity index is 377. The Morgan fingerprint density at radius 1 is 1.10 bits per heavy atom. The monoisotopic (exact) mass is 290 g/mol. The van der Waals surface area contributed by atoms with Crippen molar-refractivity contribution >= 4 is 18.2 Å². The Balaban J connectivity index is 5.12. The third-order valence-electron chi connectivity index (χ3n) is 2.31. The fraction of sp³-hybridized carbons (Fsp3) is 0.750. The van der Waals surface area contributed by atoms with Gasteiger partial charge in [0.15, 0.2) is 0 Å². The highest BCUT2D eigenvalue weighted by molar-refractivity contribution is 5.87. The van der Waals surface area contributed by atoms with Crippen molar-refractivity contribution in [2.45, 2.75) is 58.2 Å². The van der Waals surface area contributed by atoms with Crippen molar-refractivity contribution in [2.24, 2.45) is 0 Å². The zero-order valence-electron chi connectivity index (χ0n) is 12.1. The highest BCUT2D eigenvalue weighted by Crippen LogP contribution is 2.14. The SMILES string of the molecule is CCCCC(NC(=O)O)(NC(=O)OC(C)(C)C)C(=O)O. The molecule has 8 heteroatoms. The van der Waals surface area contributed by atoms with Crippen molar-refractivity contribution in [1.29, 1.82) is 0 Å². The third-order valence-corrected chi connectivity index (χ3v) is 2.31. The summed E-state index contributed by atoms with van der Waals surface area (Å²) in [6.07, 6.45) is -1.55. The Kier molecular flexibility index (Phi) is 6.28. The zero-order chi connectivity index (χ0) is 16.0. The Hall–Kier alpha value is -1.99. The van der Waals surface area contributed by atoms with E-state index >= 15 is 0 Å². The Morgan fingerprint density at radius 3 is 2.00 bits per heavy atom. The molecule has 0 aliphatic carbocycles. The first-order valence-electron chi connectivity index (χ1n) is 6.28. The maximum absolute atomic E-state index is 11.7. The molecule has 0 aromatic carbocycles. The van der Waals surface area contributed by atoms with Gasteiger partial charge in [-0.1, -0.05) is 13.3 Å². The molecule has 1 unspecified atom stereocenters. The summed E-state index contributed by atoms with van der Waals surface area (Å²) in [4.78, 5) is 33.8. The number of aliphatic carboxylic acids is 1. The molecular formula is C12H22N2O6. The number of ether oxygens (including phenoxy) is 1. The third kappa shape index (κ3) is 6.26. The summed E-state index contributed by atoms with van der Waals surface area (Å²) in [5.74, 6) is -1.49. The molecule has 0 rings (SSSR count). The van der Waals surface area contributed by atoms with Crippen LogP contribution in [-0.2, 0) is 9.53 Å². The second-order valence-electron chi connectivity index (χ2n) is 5.37. The van der Waals surface area contributed by atoms with Gasteiger partial charge in [-0.05, 0) is 27.2 Å². The van der Waals surface area contributed by atoms with E-state index in [0.717, 1.165) is 0 Å². The first-order valence-corrected chi connectivity index (χ1v) is 6.28. The summed E-state index contributed by atoms with van der Waals surface area (Å²) in [5.41, 5.74) is -2.91. The number of carbonyl (C=O) groups excluding carboxylic acids is 1. The zero-order valence-corrected chi connectivity index (χ0v) is 12.1. The minimum Gasteiger partial charge on any atom is -0.478 e. The average Bonchev–Trinajstić information content (AvgIpc) is 2.21. The summed E-state index contributed by atoms with van der Waals surface area (Å²) in [5, 5.41) is 22.0. The van der Waals surface area contributed by atoms with Crippen molar-refractivity contribution < 1.29 is 29.3 Å². The number of unbranched alkanes of at least 4 members (excludes halogenated alkanes) is 1. The number of hydrogen-bond acceptors (Lipinski definition) is 4. The van der Waals surface area contributed by atoms with Crippen LogP contribution in [0.4, 0.5) is 9.59 Å². The van der Waals surface area contributed by atoms with Crippen molar-refractivity contribution in [3.8, 4) is 0 Å². The van der Waals surface area contributed by atoms with Crippen molar-refractivity contribution in [3.05, 3.63) is 0 Å². The molecule has 0 heterocycles. The molecule has 0 bridgehead atoms. The highest BCUT2D eigenvalue weighted by Gasteiger charge is 2.42. The number of amides is 2. The van der Waals surface area contributed by atoms with Gasteiger partial charge in [-0.15, -0.1) is 0 Å². The number of alkyl carbamates (subject to hydrolysis) is 1. The lowest BCUT2D eigenvalue weighted by Crippen LogP contribution is -2.65. The fourth-order valence-electron chi connectivity index (χ4n) is 1.47. The van der Waals surface area contributed by atoms with Crippen LogP contribution in [0.2, 0.25) is 0 Å². The van der Waals surface area contributed by atoms with E-state index in [0.29, 0.717) is 12.8 Å². The number of carbonyl (C=O) groups is 3. The second-order valence-corrected chi connectivity index (χ2v) is 5.37. The van der Waals surface area contributed by atoms with Gasteiger partial charge in [0.25, 0.3) is 0 Å². The molecule has 0 saturated carbocycles. The van der Waals surface area contributed by atoms with Crippen LogP contribution in [0.5, 0.6) is 0 Å². The maximum atomic E-state index is 11.7. The van der Waals surface area contributed by atoms with Crippen LogP contribution in [0.3, 0.4) is 0 Å². The van der Waals surface area contributed by atoms with Crippen molar-refractivity contribution in [3.63, 3.8) is 0 Å². The van der Waals surface area contributed by atoms with Crippen LogP contribution in [0.25, 0.3) is 0 Å². The predicted molar refractivity (Wildman–Crippen MR) is 70.4 cm³/mol. The van der Waals surface area contributed by atoms with Crippen LogP contribution >= 0.6 is 0 Å². The molecule has 0 spiro atoms. The van der Waals surface area contributed by atoms with E-state index in [4.69, 9.17) is 9.84 Å². The molecule has 20 heavy (non-hydrogen) atoms. The number of carboxylic acid groups (broad SMARTS) is 2. The van der Waals surface area contributed by atoms with Crippen LogP contribution in [0, 0.1) is 0 Å². The predicted octanol–water partition coefficient (Wildman–Crippen LogP) is 1.75. The molecule has 4 N–H and O–H groups in total. The lowest BCUT2D eigenvalue weighted by molar-refractivity contribution is -0.146. The minimum atomic E-state index is -2.09. The lowest BCUT2D eigenvalue weighted by Gasteiger charge is -2.31. The van der Waals surface area contributed by atoms with Gasteiger partial charge in [-0.3, -0.25) is 10.6 Å². The van der Waals surface area contributed by atoms with Gasteiger partial charge < -0.3 is 14.9 Å². The van der Waals surface area contributed by atoms with Gasteiger partial charge in [-0.2, -0.15) is 0 Å². The minimum absolute atomic E-state index is 0.0790. The van der Waals surface area contributed by atoms with Crippen LogP contribution < -0.4 is 10.6 Å². The quantitative estimate of drug-likeness (QED) is 0.552. The summed E-state index contributed by atoms with van der Waals surface area (Å²) in [7, 11) is 0. The molecule has 0 aliphatic heterocycles. The Labute approximate surface area is 117 Å². The average molecular weight is 290 g/mol. The van der Waals surface area contributed by atoms with E-state index in [9.17, 15) is 19.5 Å². The molecule has 116 valence electrons. The van der Waals surface area contributed by atoms with Crippen LogP contribution in [0.15, 0.2) is 0 Å². The van der Waals surface area contributed by atoms with Crippen molar-refractivity contribution in [1.82, 2.24) is 10.6 Å². The van der Waals surface area contributed by atoms with E-state index in [2.05, 4.69) is 5.32 Å².